The highest BCUT2D eigenvalue weighted by molar-refractivity contribution is 5.75. The Kier molecular flexibility index (Phi) is 36.6. The molecule has 0 aliphatic rings. The summed E-state index contributed by atoms with van der Waals surface area (Å²) in [6.07, 6.45) is 3.31. The lowest BCUT2D eigenvalue weighted by Crippen LogP contribution is -2.26. The monoisotopic (exact) mass is 781 g/mol. The lowest BCUT2D eigenvalue weighted by Gasteiger charge is -2.09. The van der Waals surface area contributed by atoms with Crippen molar-refractivity contribution in [3.63, 3.8) is 0 Å². The maximum atomic E-state index is 11.7. The molecule has 54 heavy (non-hydrogen) atoms. The first-order chi connectivity index (χ1) is 26.5. The predicted molar refractivity (Wildman–Crippen MR) is 201 cm³/mol. The zero-order valence-corrected chi connectivity index (χ0v) is 33.7. The highest BCUT2D eigenvalue weighted by Gasteiger charge is 2.05. The number of hydrogen-bond donors (Lipinski definition) is 1. The fourth-order valence-electron chi connectivity index (χ4n) is 4.12. The van der Waals surface area contributed by atoms with E-state index in [1.54, 1.807) is 4.68 Å². The van der Waals surface area contributed by atoms with E-state index >= 15 is 0 Å². The topological polar surface area (TPSA) is 171 Å². The van der Waals surface area contributed by atoms with Crippen molar-refractivity contribution in [3.8, 4) is 0 Å². The number of amides is 1. The number of carbonyl (C=O) groups excluding carboxylic acids is 1. The van der Waals surface area contributed by atoms with Gasteiger partial charge in [-0.15, -0.1) is 5.10 Å². The molecule has 0 radical (unpaired) electrons. The molecular weight excluding hydrogens is 708 g/mol. The summed E-state index contributed by atoms with van der Waals surface area (Å²) in [4.78, 5) is 11.7. The van der Waals surface area contributed by atoms with Crippen LogP contribution in [0.2, 0.25) is 0 Å². The quantitative estimate of drug-likeness (QED) is 0.0956. The summed E-state index contributed by atoms with van der Waals surface area (Å²) in [5.74, 6) is 0.977. The molecule has 0 saturated carbocycles. The van der Waals surface area contributed by atoms with Gasteiger partial charge in [0.1, 0.15) is 0 Å². The van der Waals surface area contributed by atoms with Crippen LogP contribution in [-0.4, -0.2) is 186 Å². The van der Waals surface area contributed by atoms with Gasteiger partial charge < -0.3 is 62.2 Å². The second-order valence-electron chi connectivity index (χ2n) is 12.7. The minimum absolute atomic E-state index is 0.0237. The van der Waals surface area contributed by atoms with Gasteiger partial charge in [-0.2, -0.15) is 0 Å². The van der Waals surface area contributed by atoms with Crippen molar-refractivity contribution in [2.24, 2.45) is 5.92 Å². The first-order valence-electron chi connectivity index (χ1n) is 19.6. The molecule has 0 aliphatic heterocycles. The predicted octanol–water partition coefficient (Wildman–Crippen LogP) is 2.15. The molecule has 0 aromatic carbocycles. The minimum Gasteiger partial charge on any atom is -0.379 e. The van der Waals surface area contributed by atoms with Crippen molar-refractivity contribution in [2.45, 2.75) is 53.0 Å². The average molecular weight is 781 g/mol. The first-order valence-corrected chi connectivity index (χ1v) is 19.6. The molecule has 318 valence electrons. The number of aromatic nitrogens is 3. The van der Waals surface area contributed by atoms with Crippen LogP contribution in [0.3, 0.4) is 0 Å². The molecule has 0 fully saturated rings. The second-order valence-corrected chi connectivity index (χ2v) is 12.7. The maximum Gasteiger partial charge on any atom is 0.222 e. The van der Waals surface area contributed by atoms with E-state index in [4.69, 9.17) is 56.8 Å². The van der Waals surface area contributed by atoms with E-state index in [1.165, 1.54) is 0 Å². The number of carbonyl (C=O) groups is 1. The van der Waals surface area contributed by atoms with Crippen LogP contribution >= 0.6 is 0 Å². The summed E-state index contributed by atoms with van der Waals surface area (Å²) in [6.45, 7) is 21.8. The SMILES string of the molecule is CC(C)CCNC(=O)CCOCCOCCOCCOCCOCCOCCOCCOCCOCCOCCOCCOCCn1cc(C(C)C)nn1. The van der Waals surface area contributed by atoms with Crippen LogP contribution in [0.1, 0.15) is 52.1 Å². The van der Waals surface area contributed by atoms with Crippen molar-refractivity contribution in [3.05, 3.63) is 11.9 Å². The summed E-state index contributed by atoms with van der Waals surface area (Å²) in [5, 5.41) is 11.1. The fourth-order valence-corrected chi connectivity index (χ4v) is 4.12. The molecule has 1 N–H and O–H groups in total. The summed E-state index contributed by atoms with van der Waals surface area (Å²) < 4.78 is 67.7. The smallest absolute Gasteiger partial charge is 0.222 e. The molecule has 0 atom stereocenters. The minimum atomic E-state index is 0.0237. The van der Waals surface area contributed by atoms with E-state index in [-0.39, 0.29) is 5.91 Å². The van der Waals surface area contributed by atoms with E-state index in [0.717, 1.165) is 12.1 Å². The van der Waals surface area contributed by atoms with Crippen LogP contribution in [-0.2, 0) is 68.2 Å². The summed E-state index contributed by atoms with van der Waals surface area (Å²) >= 11 is 0. The number of rotatable bonds is 43. The second kappa shape index (κ2) is 39.4. The van der Waals surface area contributed by atoms with Gasteiger partial charge in [0.15, 0.2) is 0 Å². The van der Waals surface area contributed by atoms with Crippen LogP contribution in [0, 0.1) is 5.92 Å². The highest BCUT2D eigenvalue weighted by atomic mass is 16.6. The van der Waals surface area contributed by atoms with Crippen molar-refractivity contribution in [2.75, 3.05) is 165 Å². The molecule has 1 heterocycles. The van der Waals surface area contributed by atoms with E-state index in [0.29, 0.717) is 190 Å². The summed E-state index contributed by atoms with van der Waals surface area (Å²) in [5.41, 5.74) is 0.987. The largest absolute Gasteiger partial charge is 0.379 e. The fraction of sp³-hybridized carbons (Fsp3) is 0.919. The molecule has 17 heteroatoms. The van der Waals surface area contributed by atoms with Gasteiger partial charge in [0.25, 0.3) is 0 Å². The Balaban J connectivity index is 1.63. The molecule has 1 amide bonds. The van der Waals surface area contributed by atoms with Crippen LogP contribution in [0.5, 0.6) is 0 Å². The lowest BCUT2D eigenvalue weighted by atomic mass is 10.1. The Morgan fingerprint density at radius 1 is 0.519 bits per heavy atom. The molecule has 1 aromatic rings. The zero-order chi connectivity index (χ0) is 39.0. The Morgan fingerprint density at radius 2 is 0.833 bits per heavy atom. The Labute approximate surface area is 323 Å². The normalized spacial score (nSPS) is 11.7. The zero-order valence-electron chi connectivity index (χ0n) is 33.7. The van der Waals surface area contributed by atoms with Crippen molar-refractivity contribution in [1.29, 1.82) is 0 Å². The molecule has 0 aliphatic carbocycles. The third-order valence-corrected chi connectivity index (χ3v) is 7.22. The molecule has 0 unspecified atom stereocenters. The maximum absolute atomic E-state index is 11.7. The standard InChI is InChI=1S/C37H72N4O13/c1-34(2)5-7-38-37(42)6-9-43-11-13-45-15-17-47-19-21-49-23-25-51-27-29-53-31-32-54-30-28-52-26-24-50-22-20-48-18-16-46-14-12-44-10-8-41-33-36(35(3)4)39-40-41/h33-35H,5-32H2,1-4H3,(H,38,42). The van der Waals surface area contributed by atoms with E-state index in [1.807, 2.05) is 6.20 Å². The van der Waals surface area contributed by atoms with Gasteiger partial charge in [-0.3, -0.25) is 4.79 Å². The molecular formula is C37H72N4O13. The Morgan fingerprint density at radius 3 is 1.13 bits per heavy atom. The number of ether oxygens (including phenoxy) is 12. The van der Waals surface area contributed by atoms with Crippen molar-refractivity contribution >= 4 is 5.91 Å². The van der Waals surface area contributed by atoms with Gasteiger partial charge in [0.2, 0.25) is 5.91 Å². The molecule has 0 saturated heterocycles. The van der Waals surface area contributed by atoms with Crippen molar-refractivity contribution < 1.29 is 61.6 Å². The van der Waals surface area contributed by atoms with Crippen LogP contribution < -0.4 is 5.32 Å². The number of nitrogens with one attached hydrogen (secondary N) is 1. The molecule has 1 aromatic heterocycles. The third kappa shape index (κ3) is 35.8. The van der Waals surface area contributed by atoms with Gasteiger partial charge in [-0.1, -0.05) is 32.9 Å². The van der Waals surface area contributed by atoms with Gasteiger partial charge in [-0.25, -0.2) is 4.68 Å². The van der Waals surface area contributed by atoms with Crippen LogP contribution in [0.15, 0.2) is 6.20 Å². The molecule has 0 bridgehead atoms. The lowest BCUT2D eigenvalue weighted by molar-refractivity contribution is -0.122. The first kappa shape index (κ1) is 50.1. The summed E-state index contributed by atoms with van der Waals surface area (Å²) in [7, 11) is 0. The Bertz CT molecular complexity index is 930. The Hall–Kier alpha value is -1.87. The number of nitrogens with zero attached hydrogens (tertiary/aromatic N) is 3. The highest BCUT2D eigenvalue weighted by Crippen LogP contribution is 2.08. The molecule has 17 nitrogen and oxygen atoms in total. The number of hydrogen-bond acceptors (Lipinski definition) is 15. The van der Waals surface area contributed by atoms with Crippen molar-refractivity contribution in [1.82, 2.24) is 20.3 Å². The van der Waals surface area contributed by atoms with Gasteiger partial charge in [-0.05, 0) is 18.3 Å². The molecule has 0 spiro atoms. The van der Waals surface area contributed by atoms with E-state index in [2.05, 4.69) is 43.3 Å². The van der Waals surface area contributed by atoms with Gasteiger partial charge in [0.05, 0.1) is 171 Å². The van der Waals surface area contributed by atoms with Crippen LogP contribution in [0.25, 0.3) is 0 Å². The van der Waals surface area contributed by atoms with Gasteiger partial charge >= 0.3 is 0 Å². The van der Waals surface area contributed by atoms with Crippen LogP contribution in [0.4, 0.5) is 0 Å². The van der Waals surface area contributed by atoms with E-state index in [9.17, 15) is 4.79 Å². The third-order valence-electron chi connectivity index (χ3n) is 7.22. The summed E-state index contributed by atoms with van der Waals surface area (Å²) in [6, 6.07) is 0. The van der Waals surface area contributed by atoms with E-state index < -0.39 is 0 Å². The van der Waals surface area contributed by atoms with Gasteiger partial charge in [0, 0.05) is 19.2 Å². The average Bonchev–Trinajstić information content (AvgIpc) is 3.64. The molecule has 1 rings (SSSR count).